The van der Waals surface area contributed by atoms with E-state index in [2.05, 4.69) is 22.7 Å². The highest BCUT2D eigenvalue weighted by Gasteiger charge is 2.06. The monoisotopic (exact) mass is 292 g/mol. The number of pyridine rings is 1. The number of anilines is 1. The molecule has 1 rings (SSSR count). The first-order chi connectivity index (χ1) is 10.3. The van der Waals surface area contributed by atoms with Gasteiger partial charge in [-0.3, -0.25) is 15.6 Å². The van der Waals surface area contributed by atoms with Crippen molar-refractivity contribution >= 4 is 11.6 Å². The summed E-state index contributed by atoms with van der Waals surface area (Å²) in [5.74, 6) is 5.16. The Morgan fingerprint density at radius 3 is 2.48 bits per heavy atom. The van der Waals surface area contributed by atoms with Crippen molar-refractivity contribution in [2.24, 2.45) is 5.84 Å². The highest BCUT2D eigenvalue weighted by Crippen LogP contribution is 2.08. The first kappa shape index (κ1) is 17.4. The first-order valence-electron chi connectivity index (χ1n) is 7.98. The molecule has 0 unspecified atom stereocenters. The first-order valence-corrected chi connectivity index (χ1v) is 7.98. The predicted molar refractivity (Wildman–Crippen MR) is 87.0 cm³/mol. The van der Waals surface area contributed by atoms with Crippen molar-refractivity contribution in [1.29, 1.82) is 0 Å². The Morgan fingerprint density at radius 1 is 1.14 bits per heavy atom. The molecule has 1 amide bonds. The van der Waals surface area contributed by atoms with Gasteiger partial charge in [0.05, 0.1) is 5.69 Å². The van der Waals surface area contributed by atoms with Crippen molar-refractivity contribution in [2.75, 3.05) is 12.0 Å². The van der Waals surface area contributed by atoms with Crippen LogP contribution in [0.5, 0.6) is 0 Å². The molecule has 0 spiro atoms. The van der Waals surface area contributed by atoms with Gasteiger partial charge >= 0.3 is 0 Å². The minimum Gasteiger partial charge on any atom is -0.351 e. The Morgan fingerprint density at radius 2 is 1.81 bits per heavy atom. The van der Waals surface area contributed by atoms with Gasteiger partial charge in [-0.1, -0.05) is 51.9 Å². The van der Waals surface area contributed by atoms with Gasteiger partial charge in [-0.05, 0) is 18.6 Å². The van der Waals surface area contributed by atoms with E-state index in [1.54, 1.807) is 18.3 Å². The standard InChI is InChI=1S/C16H28N4O/c1-2-3-4-5-6-7-8-9-11-19-16(21)15-13-14(20-17)10-12-18-15/h10,12-13H,2-9,11,17H2,1H3,(H,18,20)(H,19,21). The largest absolute Gasteiger partial charge is 0.351 e. The van der Waals surface area contributed by atoms with Gasteiger partial charge < -0.3 is 10.7 Å². The van der Waals surface area contributed by atoms with Crippen molar-refractivity contribution in [3.63, 3.8) is 0 Å². The lowest BCUT2D eigenvalue weighted by Crippen LogP contribution is -2.25. The third kappa shape index (κ3) is 7.66. The smallest absolute Gasteiger partial charge is 0.269 e. The average Bonchev–Trinajstić information content (AvgIpc) is 2.53. The lowest BCUT2D eigenvalue weighted by molar-refractivity contribution is 0.0948. The Balaban J connectivity index is 2.08. The minimum atomic E-state index is -0.143. The number of amides is 1. The summed E-state index contributed by atoms with van der Waals surface area (Å²) >= 11 is 0. The van der Waals surface area contributed by atoms with Crippen molar-refractivity contribution in [3.8, 4) is 0 Å². The normalized spacial score (nSPS) is 10.4. The second-order valence-corrected chi connectivity index (χ2v) is 5.30. The molecule has 0 radical (unpaired) electrons. The summed E-state index contributed by atoms with van der Waals surface area (Å²) in [6.07, 6.45) is 11.7. The molecule has 1 aromatic heterocycles. The summed E-state index contributed by atoms with van der Waals surface area (Å²) in [6.45, 7) is 2.94. The molecule has 0 fully saturated rings. The van der Waals surface area contributed by atoms with E-state index in [0.717, 1.165) is 6.42 Å². The summed E-state index contributed by atoms with van der Waals surface area (Å²) in [4.78, 5) is 15.9. The zero-order valence-electron chi connectivity index (χ0n) is 13.0. The number of nitrogens with one attached hydrogen (secondary N) is 2. The molecular formula is C16H28N4O. The van der Waals surface area contributed by atoms with Gasteiger partial charge in [-0.2, -0.15) is 0 Å². The van der Waals surface area contributed by atoms with Crippen molar-refractivity contribution in [3.05, 3.63) is 24.0 Å². The number of carbonyl (C=O) groups excluding carboxylic acids is 1. The zero-order chi connectivity index (χ0) is 15.3. The fourth-order valence-electron chi connectivity index (χ4n) is 2.20. The zero-order valence-corrected chi connectivity index (χ0v) is 13.0. The van der Waals surface area contributed by atoms with Gasteiger partial charge in [0.2, 0.25) is 0 Å². The summed E-state index contributed by atoms with van der Waals surface area (Å²) in [5.41, 5.74) is 3.58. The van der Waals surface area contributed by atoms with E-state index in [1.165, 1.54) is 44.9 Å². The molecule has 0 saturated heterocycles. The number of unbranched alkanes of at least 4 members (excludes halogenated alkanes) is 7. The van der Waals surface area contributed by atoms with Gasteiger partial charge in [0, 0.05) is 12.7 Å². The molecule has 21 heavy (non-hydrogen) atoms. The Labute approximate surface area is 127 Å². The minimum absolute atomic E-state index is 0.143. The van der Waals surface area contributed by atoms with E-state index in [1.807, 2.05) is 0 Å². The number of hydrazine groups is 1. The van der Waals surface area contributed by atoms with E-state index in [4.69, 9.17) is 5.84 Å². The van der Waals surface area contributed by atoms with Crippen LogP contribution in [0.4, 0.5) is 5.69 Å². The van der Waals surface area contributed by atoms with Crippen LogP contribution in [0.1, 0.15) is 68.8 Å². The quantitative estimate of drug-likeness (QED) is 0.332. The highest BCUT2D eigenvalue weighted by atomic mass is 16.1. The van der Waals surface area contributed by atoms with Crippen molar-refractivity contribution < 1.29 is 4.79 Å². The molecule has 118 valence electrons. The number of nitrogen functional groups attached to an aromatic ring is 1. The van der Waals surface area contributed by atoms with Crippen LogP contribution in [0.3, 0.4) is 0 Å². The van der Waals surface area contributed by atoms with Crippen molar-refractivity contribution in [1.82, 2.24) is 10.3 Å². The highest BCUT2D eigenvalue weighted by molar-refractivity contribution is 5.93. The van der Waals surface area contributed by atoms with Crippen LogP contribution >= 0.6 is 0 Å². The topological polar surface area (TPSA) is 80.0 Å². The van der Waals surface area contributed by atoms with Crippen LogP contribution in [-0.4, -0.2) is 17.4 Å². The predicted octanol–water partition coefficient (Wildman–Crippen LogP) is 3.24. The van der Waals surface area contributed by atoms with E-state index in [0.29, 0.717) is 17.9 Å². The fraction of sp³-hybridized carbons (Fsp3) is 0.625. The molecule has 0 saturated carbocycles. The fourth-order valence-corrected chi connectivity index (χ4v) is 2.20. The lowest BCUT2D eigenvalue weighted by Gasteiger charge is -2.06. The maximum absolute atomic E-state index is 11.9. The number of aromatic nitrogens is 1. The molecule has 0 bridgehead atoms. The van der Waals surface area contributed by atoms with E-state index >= 15 is 0 Å². The Bertz CT molecular complexity index is 409. The molecule has 0 aliphatic rings. The third-order valence-corrected chi connectivity index (χ3v) is 3.48. The van der Waals surface area contributed by atoms with Crippen LogP contribution in [-0.2, 0) is 0 Å². The molecule has 1 aromatic rings. The molecule has 1 heterocycles. The van der Waals surface area contributed by atoms with Gasteiger partial charge in [0.25, 0.3) is 5.91 Å². The summed E-state index contributed by atoms with van der Waals surface area (Å²) in [6, 6.07) is 3.36. The number of nitrogens with zero attached hydrogens (tertiary/aromatic N) is 1. The maximum Gasteiger partial charge on any atom is 0.269 e. The van der Waals surface area contributed by atoms with Crippen LogP contribution in [0.2, 0.25) is 0 Å². The molecular weight excluding hydrogens is 264 g/mol. The van der Waals surface area contributed by atoms with Gasteiger partial charge in [0.15, 0.2) is 0 Å². The maximum atomic E-state index is 11.9. The molecule has 5 nitrogen and oxygen atoms in total. The molecule has 5 heteroatoms. The van der Waals surface area contributed by atoms with Crippen LogP contribution in [0.15, 0.2) is 18.3 Å². The number of hydrogen-bond acceptors (Lipinski definition) is 4. The van der Waals surface area contributed by atoms with Crippen LogP contribution in [0.25, 0.3) is 0 Å². The van der Waals surface area contributed by atoms with Crippen LogP contribution in [0, 0.1) is 0 Å². The molecule has 0 aliphatic carbocycles. The second-order valence-electron chi connectivity index (χ2n) is 5.30. The molecule has 0 aliphatic heterocycles. The van der Waals surface area contributed by atoms with Gasteiger partial charge in [-0.25, -0.2) is 0 Å². The molecule has 0 atom stereocenters. The van der Waals surface area contributed by atoms with Crippen molar-refractivity contribution in [2.45, 2.75) is 58.3 Å². The Hall–Kier alpha value is -1.62. The van der Waals surface area contributed by atoms with Gasteiger partial charge in [0.1, 0.15) is 5.69 Å². The van der Waals surface area contributed by atoms with Gasteiger partial charge in [-0.15, -0.1) is 0 Å². The number of rotatable bonds is 11. The third-order valence-electron chi connectivity index (χ3n) is 3.48. The Kier molecular flexibility index (Phi) is 9.20. The van der Waals surface area contributed by atoms with E-state index in [9.17, 15) is 4.79 Å². The number of nitrogens with two attached hydrogens (primary N) is 1. The van der Waals surface area contributed by atoms with Crippen LogP contribution < -0.4 is 16.6 Å². The summed E-state index contributed by atoms with van der Waals surface area (Å²) < 4.78 is 0. The SMILES string of the molecule is CCCCCCCCCCNC(=O)c1cc(NN)ccn1. The summed E-state index contributed by atoms with van der Waals surface area (Å²) in [5, 5.41) is 2.89. The average molecular weight is 292 g/mol. The second kappa shape index (κ2) is 11.1. The molecule has 4 N–H and O–H groups in total. The number of hydrogen-bond donors (Lipinski definition) is 3. The lowest BCUT2D eigenvalue weighted by atomic mass is 10.1. The van der Waals surface area contributed by atoms with E-state index in [-0.39, 0.29) is 5.91 Å². The number of carbonyl (C=O) groups is 1. The molecule has 0 aromatic carbocycles. The van der Waals surface area contributed by atoms with E-state index < -0.39 is 0 Å². The summed E-state index contributed by atoms with van der Waals surface area (Å²) in [7, 11) is 0.